The van der Waals surface area contributed by atoms with Gasteiger partial charge in [-0.3, -0.25) is 4.72 Å². The number of sulfone groups is 1. The van der Waals surface area contributed by atoms with Gasteiger partial charge in [-0.05, 0) is 24.3 Å². The van der Waals surface area contributed by atoms with Crippen LogP contribution in [0.5, 0.6) is 0 Å². The van der Waals surface area contributed by atoms with Gasteiger partial charge in [-0.25, -0.2) is 16.8 Å². The van der Waals surface area contributed by atoms with Gasteiger partial charge >= 0.3 is 0 Å². The highest BCUT2D eigenvalue weighted by Gasteiger charge is 2.10. The number of hydrogen-bond donors (Lipinski definition) is 2. The molecule has 6 nitrogen and oxygen atoms in total. The van der Waals surface area contributed by atoms with Crippen molar-refractivity contribution in [1.29, 1.82) is 0 Å². The Kier molecular flexibility index (Phi) is 4.12. The number of aliphatic hydroxyl groups excluding tert-OH is 1. The van der Waals surface area contributed by atoms with Crippen molar-refractivity contribution in [3.05, 3.63) is 24.3 Å². The Morgan fingerprint density at radius 1 is 1.12 bits per heavy atom. The van der Waals surface area contributed by atoms with Crippen LogP contribution in [0.15, 0.2) is 29.2 Å². The van der Waals surface area contributed by atoms with Crippen LogP contribution in [0, 0.1) is 0 Å². The third kappa shape index (κ3) is 4.33. The minimum atomic E-state index is -3.58. The van der Waals surface area contributed by atoms with Crippen LogP contribution in [0.2, 0.25) is 0 Å². The minimum Gasteiger partial charge on any atom is -0.395 e. The highest BCUT2D eigenvalue weighted by atomic mass is 32.2. The molecule has 0 saturated carbocycles. The Hall–Kier alpha value is -1.12. The summed E-state index contributed by atoms with van der Waals surface area (Å²) in [6.07, 6.45) is 1.07. The van der Waals surface area contributed by atoms with Crippen molar-refractivity contribution in [3.63, 3.8) is 0 Å². The molecule has 96 valence electrons. The first-order chi connectivity index (χ1) is 7.74. The summed E-state index contributed by atoms with van der Waals surface area (Å²) in [5.41, 5.74) is 0.255. The standard InChI is InChI=1S/C9H13NO5S2/c1-16(12,13)9-4-2-8(3-5-9)10-17(14,15)7-6-11/h2-5,10-11H,6-7H2,1H3. The van der Waals surface area contributed by atoms with Gasteiger partial charge in [0.15, 0.2) is 9.84 Å². The fourth-order valence-corrected chi connectivity index (χ4v) is 2.59. The highest BCUT2D eigenvalue weighted by molar-refractivity contribution is 7.92. The van der Waals surface area contributed by atoms with E-state index in [1.807, 2.05) is 0 Å². The summed E-state index contributed by atoms with van der Waals surface area (Å²) in [5, 5.41) is 8.53. The molecular weight excluding hydrogens is 266 g/mol. The molecule has 17 heavy (non-hydrogen) atoms. The maximum absolute atomic E-state index is 11.3. The molecule has 1 aromatic rings. The number of hydrogen-bond acceptors (Lipinski definition) is 5. The molecule has 1 aromatic carbocycles. The van der Waals surface area contributed by atoms with E-state index < -0.39 is 32.2 Å². The lowest BCUT2D eigenvalue weighted by molar-refractivity contribution is 0.320. The molecule has 0 aliphatic rings. The Balaban J connectivity index is 2.90. The molecule has 0 unspecified atom stereocenters. The van der Waals surface area contributed by atoms with Crippen molar-refractivity contribution < 1.29 is 21.9 Å². The van der Waals surface area contributed by atoms with Crippen LogP contribution >= 0.6 is 0 Å². The van der Waals surface area contributed by atoms with Gasteiger partial charge in [0, 0.05) is 11.9 Å². The lowest BCUT2D eigenvalue weighted by atomic mass is 10.3. The molecule has 0 spiro atoms. The van der Waals surface area contributed by atoms with E-state index in [1.165, 1.54) is 24.3 Å². The third-order valence-corrected chi connectivity index (χ3v) is 4.31. The normalized spacial score (nSPS) is 12.4. The molecule has 0 saturated heterocycles. The van der Waals surface area contributed by atoms with Crippen molar-refractivity contribution in [2.75, 3.05) is 23.3 Å². The van der Waals surface area contributed by atoms with Gasteiger partial charge in [0.05, 0.1) is 17.3 Å². The predicted molar refractivity (Wildman–Crippen MR) is 64.0 cm³/mol. The van der Waals surface area contributed by atoms with Crippen LogP contribution in [0.3, 0.4) is 0 Å². The number of aliphatic hydroxyl groups is 1. The largest absolute Gasteiger partial charge is 0.395 e. The van der Waals surface area contributed by atoms with Gasteiger partial charge in [0.1, 0.15) is 0 Å². The molecule has 0 radical (unpaired) electrons. The molecule has 2 N–H and O–H groups in total. The smallest absolute Gasteiger partial charge is 0.234 e. The number of nitrogens with one attached hydrogen (secondary N) is 1. The first-order valence-electron chi connectivity index (χ1n) is 4.66. The van der Waals surface area contributed by atoms with Crippen LogP contribution in [0.4, 0.5) is 5.69 Å². The Morgan fingerprint density at radius 3 is 2.06 bits per heavy atom. The second-order valence-electron chi connectivity index (χ2n) is 3.44. The van der Waals surface area contributed by atoms with Crippen LogP contribution in [0.1, 0.15) is 0 Å². The second-order valence-corrected chi connectivity index (χ2v) is 7.30. The molecule has 8 heteroatoms. The Morgan fingerprint density at radius 2 is 1.65 bits per heavy atom. The molecular formula is C9H13NO5S2. The fraction of sp³-hybridized carbons (Fsp3) is 0.333. The average molecular weight is 279 g/mol. The van der Waals surface area contributed by atoms with Crippen LogP contribution in [-0.2, 0) is 19.9 Å². The average Bonchev–Trinajstić information content (AvgIpc) is 2.16. The molecule has 0 amide bonds. The van der Waals surface area contributed by atoms with Crippen LogP contribution in [-0.4, -0.2) is 40.6 Å². The first kappa shape index (κ1) is 13.9. The van der Waals surface area contributed by atoms with Crippen molar-refractivity contribution in [2.45, 2.75) is 4.90 Å². The molecule has 0 heterocycles. The molecule has 0 bridgehead atoms. The van der Waals surface area contributed by atoms with Gasteiger partial charge < -0.3 is 5.11 Å². The molecule has 0 aromatic heterocycles. The maximum atomic E-state index is 11.3. The van der Waals surface area contributed by atoms with E-state index in [9.17, 15) is 16.8 Å². The van der Waals surface area contributed by atoms with Gasteiger partial charge in [-0.15, -0.1) is 0 Å². The quantitative estimate of drug-likeness (QED) is 0.779. The Bertz CT molecular complexity index is 574. The zero-order chi connectivity index (χ0) is 13.1. The summed E-state index contributed by atoms with van der Waals surface area (Å²) in [6.45, 7) is -0.475. The summed E-state index contributed by atoms with van der Waals surface area (Å²) >= 11 is 0. The third-order valence-electron chi connectivity index (χ3n) is 1.92. The number of sulfonamides is 1. The van der Waals surface area contributed by atoms with E-state index >= 15 is 0 Å². The first-order valence-corrected chi connectivity index (χ1v) is 8.20. The maximum Gasteiger partial charge on any atom is 0.234 e. The topological polar surface area (TPSA) is 101 Å². The van der Waals surface area contributed by atoms with E-state index in [-0.39, 0.29) is 10.6 Å². The summed E-state index contributed by atoms with van der Waals surface area (Å²) < 4.78 is 47.1. The van der Waals surface area contributed by atoms with Gasteiger partial charge in [0.25, 0.3) is 0 Å². The van der Waals surface area contributed by atoms with Gasteiger partial charge in [-0.2, -0.15) is 0 Å². The van der Waals surface area contributed by atoms with E-state index in [0.717, 1.165) is 6.26 Å². The van der Waals surface area contributed by atoms with Crippen molar-refractivity contribution in [1.82, 2.24) is 0 Å². The number of rotatable bonds is 5. The van der Waals surface area contributed by atoms with Gasteiger partial charge in [0.2, 0.25) is 10.0 Å². The van der Waals surface area contributed by atoms with E-state index in [0.29, 0.717) is 0 Å². The van der Waals surface area contributed by atoms with Crippen LogP contribution in [0.25, 0.3) is 0 Å². The summed E-state index contributed by atoms with van der Waals surface area (Å²) in [5.74, 6) is -0.402. The second kappa shape index (κ2) is 5.03. The monoisotopic (exact) mass is 279 g/mol. The lowest BCUT2D eigenvalue weighted by Gasteiger charge is -2.07. The minimum absolute atomic E-state index is 0.114. The Labute approximate surface area is 100 Å². The molecule has 0 aliphatic heterocycles. The van der Waals surface area contributed by atoms with Crippen LogP contribution < -0.4 is 4.72 Å². The van der Waals surface area contributed by atoms with Crippen molar-refractivity contribution >= 4 is 25.5 Å². The van der Waals surface area contributed by atoms with E-state index in [4.69, 9.17) is 5.11 Å². The zero-order valence-corrected chi connectivity index (χ0v) is 10.8. The molecule has 1 rings (SSSR count). The van der Waals surface area contributed by atoms with Gasteiger partial charge in [-0.1, -0.05) is 0 Å². The lowest BCUT2D eigenvalue weighted by Crippen LogP contribution is -2.18. The fourth-order valence-electron chi connectivity index (χ4n) is 1.12. The summed E-state index contributed by atoms with van der Waals surface area (Å²) in [6, 6.07) is 5.33. The number of benzene rings is 1. The SMILES string of the molecule is CS(=O)(=O)c1ccc(NS(=O)(=O)CCO)cc1. The van der Waals surface area contributed by atoms with Crippen molar-refractivity contribution in [3.8, 4) is 0 Å². The molecule has 0 fully saturated rings. The number of anilines is 1. The molecule has 0 atom stereocenters. The summed E-state index contributed by atoms with van der Waals surface area (Å²) in [7, 11) is -6.87. The zero-order valence-electron chi connectivity index (χ0n) is 9.12. The van der Waals surface area contributed by atoms with E-state index in [1.54, 1.807) is 0 Å². The predicted octanol–water partition coefficient (Wildman–Crippen LogP) is -0.176. The van der Waals surface area contributed by atoms with E-state index in [2.05, 4.69) is 4.72 Å². The van der Waals surface area contributed by atoms with Crippen molar-refractivity contribution in [2.24, 2.45) is 0 Å². The summed E-state index contributed by atoms with van der Waals surface area (Å²) in [4.78, 5) is 0.114. The molecule has 0 aliphatic carbocycles. The highest BCUT2D eigenvalue weighted by Crippen LogP contribution is 2.14.